The van der Waals surface area contributed by atoms with Gasteiger partial charge in [0.05, 0.1) is 39.2 Å². The van der Waals surface area contributed by atoms with Crippen LogP contribution in [0.4, 0.5) is 0 Å². The van der Waals surface area contributed by atoms with E-state index in [1.165, 1.54) is 6.92 Å². The lowest BCUT2D eigenvalue weighted by atomic mass is 10.2. The van der Waals surface area contributed by atoms with E-state index in [1.54, 1.807) is 24.3 Å². The van der Waals surface area contributed by atoms with Gasteiger partial charge >= 0.3 is 0 Å². The lowest BCUT2D eigenvalue weighted by Gasteiger charge is -2.32. The molecule has 10 nitrogen and oxygen atoms in total. The summed E-state index contributed by atoms with van der Waals surface area (Å²) in [6, 6.07) is 8.83. The number of rotatable bonds is 12. The van der Waals surface area contributed by atoms with Crippen molar-refractivity contribution in [3.8, 4) is 11.8 Å². The minimum Gasteiger partial charge on any atom is -0.489 e. The molecule has 2 atom stereocenters. The van der Waals surface area contributed by atoms with E-state index in [0.29, 0.717) is 35.4 Å². The Morgan fingerprint density at radius 1 is 1.43 bits per heavy atom. The van der Waals surface area contributed by atoms with Crippen molar-refractivity contribution in [2.24, 2.45) is 0 Å². The molecular weight excluding hydrogens is 368 g/mol. The Bertz CT molecular complexity index is 704. The van der Waals surface area contributed by atoms with Gasteiger partial charge in [-0.3, -0.25) is 4.79 Å². The van der Waals surface area contributed by atoms with Gasteiger partial charge in [-0.2, -0.15) is 5.26 Å². The maximum Gasteiger partial charge on any atom is 0.294 e. The minimum atomic E-state index is -0.920. The molecule has 0 saturated heterocycles. The normalized spacial score (nSPS) is 13.1. The summed E-state index contributed by atoms with van der Waals surface area (Å²) in [4.78, 5) is 26.3. The third kappa shape index (κ3) is 9.16. The fraction of sp³-hybridized carbons (Fsp3) is 0.556. The van der Waals surface area contributed by atoms with Gasteiger partial charge in [-0.05, 0) is 19.1 Å². The molecule has 154 valence electrons. The zero-order valence-corrected chi connectivity index (χ0v) is 16.3. The van der Waals surface area contributed by atoms with E-state index in [2.05, 4.69) is 10.2 Å². The third-order valence-electron chi connectivity index (χ3n) is 3.92. The smallest absolute Gasteiger partial charge is 0.294 e. The Morgan fingerprint density at radius 2 is 2.11 bits per heavy atom. The number of benzene rings is 1. The van der Waals surface area contributed by atoms with Crippen LogP contribution in [0.15, 0.2) is 24.3 Å². The van der Waals surface area contributed by atoms with Crippen molar-refractivity contribution in [3.05, 3.63) is 39.9 Å². The highest BCUT2D eigenvalue weighted by molar-refractivity contribution is 5.76. The zero-order chi connectivity index (χ0) is 21.2. The summed E-state index contributed by atoms with van der Waals surface area (Å²) in [6.45, 7) is 2.76. The van der Waals surface area contributed by atoms with Gasteiger partial charge in [0.2, 0.25) is 5.91 Å². The van der Waals surface area contributed by atoms with Crippen LogP contribution in [-0.2, 0) is 9.63 Å². The Hall–Kier alpha value is -2.90. The molecule has 1 amide bonds. The number of nitrogens with one attached hydrogen (secondary N) is 1. The number of likely N-dealkylation sites (N-methyl/N-ethyl adjacent to an activating group) is 1. The number of quaternary nitrogens is 1. The van der Waals surface area contributed by atoms with Crippen molar-refractivity contribution in [3.63, 3.8) is 0 Å². The molecule has 0 aromatic heterocycles. The van der Waals surface area contributed by atoms with Crippen molar-refractivity contribution in [2.45, 2.75) is 25.6 Å². The molecule has 1 aromatic rings. The van der Waals surface area contributed by atoms with Crippen molar-refractivity contribution >= 4 is 5.91 Å². The molecule has 0 spiro atoms. The number of aliphatic hydroxyl groups is 1. The molecule has 28 heavy (non-hydrogen) atoms. The van der Waals surface area contributed by atoms with Gasteiger partial charge < -0.3 is 24.5 Å². The highest BCUT2D eigenvalue weighted by atomic mass is 17.0. The van der Waals surface area contributed by atoms with E-state index in [-0.39, 0.29) is 18.9 Å². The van der Waals surface area contributed by atoms with Crippen LogP contribution >= 0.6 is 0 Å². The fourth-order valence-electron chi connectivity index (χ4n) is 2.60. The molecule has 0 fully saturated rings. The molecule has 0 radical (unpaired) electrons. The molecule has 2 N–H and O–H groups in total. The van der Waals surface area contributed by atoms with E-state index < -0.39 is 17.3 Å². The number of carbonyl (C=O) groups excluding carboxylic acids is 1. The number of ether oxygens (including phenoxy) is 1. The van der Waals surface area contributed by atoms with E-state index >= 15 is 0 Å². The zero-order valence-electron chi connectivity index (χ0n) is 16.3. The Morgan fingerprint density at radius 3 is 2.75 bits per heavy atom. The molecule has 2 unspecified atom stereocenters. The molecule has 0 bridgehead atoms. The predicted octanol–water partition coefficient (Wildman–Crippen LogP) is 0.477. The summed E-state index contributed by atoms with van der Waals surface area (Å²) in [5.74, 6) is 0.0824. The molecule has 1 aromatic carbocycles. The summed E-state index contributed by atoms with van der Waals surface area (Å²) in [6.07, 6.45) is -1.68. The predicted molar refractivity (Wildman–Crippen MR) is 99.7 cm³/mol. The molecule has 0 aliphatic heterocycles. The molecular formula is C18H27N4O6+. The number of amides is 1. The van der Waals surface area contributed by atoms with Gasteiger partial charge in [0.1, 0.15) is 37.2 Å². The summed E-state index contributed by atoms with van der Waals surface area (Å²) in [5.41, 5.74) is 0.404. The van der Waals surface area contributed by atoms with Gasteiger partial charge in [0.25, 0.3) is 5.09 Å². The van der Waals surface area contributed by atoms with Crippen LogP contribution in [0, 0.1) is 21.4 Å². The highest BCUT2D eigenvalue weighted by Crippen LogP contribution is 2.16. The highest BCUT2D eigenvalue weighted by Gasteiger charge is 2.22. The molecule has 0 heterocycles. The second-order valence-electron chi connectivity index (χ2n) is 7.11. The van der Waals surface area contributed by atoms with Crippen LogP contribution in [0.25, 0.3) is 0 Å². The lowest BCUT2D eigenvalue weighted by molar-refractivity contribution is -0.892. The fourth-order valence-corrected chi connectivity index (χ4v) is 2.60. The Balaban J connectivity index is 2.35. The first-order chi connectivity index (χ1) is 13.1. The number of hydrogen-bond donors (Lipinski definition) is 2. The Kier molecular flexibility index (Phi) is 9.14. The van der Waals surface area contributed by atoms with Crippen molar-refractivity contribution in [1.29, 1.82) is 5.26 Å². The van der Waals surface area contributed by atoms with Crippen LogP contribution in [0.3, 0.4) is 0 Å². The largest absolute Gasteiger partial charge is 0.489 e. The third-order valence-corrected chi connectivity index (χ3v) is 3.92. The number of nitrogens with zero attached hydrogens (tertiary/aromatic N) is 3. The first kappa shape index (κ1) is 23.1. The Labute approximate surface area is 164 Å². The average molecular weight is 395 g/mol. The quantitative estimate of drug-likeness (QED) is 0.298. The molecule has 10 heteroatoms. The van der Waals surface area contributed by atoms with E-state index in [1.807, 2.05) is 20.2 Å². The summed E-state index contributed by atoms with van der Waals surface area (Å²) < 4.78 is 5.95. The van der Waals surface area contributed by atoms with Gasteiger partial charge in [-0.1, -0.05) is 12.1 Å². The second kappa shape index (κ2) is 11.1. The summed E-state index contributed by atoms with van der Waals surface area (Å²) in [7, 11) is 3.80. The molecule has 0 saturated carbocycles. The maximum atomic E-state index is 11.7. The van der Waals surface area contributed by atoms with Gasteiger partial charge in [0, 0.05) is 0 Å². The SMILES string of the molecule is CC(CC(=O)NCC[N+](C)(C)CC(O)COc1ccccc1C#N)O[N+](=O)[O-]. The van der Waals surface area contributed by atoms with Crippen LogP contribution in [0.2, 0.25) is 0 Å². The van der Waals surface area contributed by atoms with Crippen molar-refractivity contribution < 1.29 is 29.0 Å². The maximum absolute atomic E-state index is 11.7. The number of carbonyl (C=O) groups is 1. The van der Waals surface area contributed by atoms with Gasteiger partial charge in [-0.25, -0.2) is 0 Å². The molecule has 1 rings (SSSR count). The van der Waals surface area contributed by atoms with E-state index in [0.717, 1.165) is 0 Å². The lowest BCUT2D eigenvalue weighted by Crippen LogP contribution is -2.50. The average Bonchev–Trinajstić information content (AvgIpc) is 2.58. The number of nitriles is 1. The van der Waals surface area contributed by atoms with Gasteiger partial charge in [0.15, 0.2) is 0 Å². The summed E-state index contributed by atoms with van der Waals surface area (Å²) >= 11 is 0. The second-order valence-corrected chi connectivity index (χ2v) is 7.11. The van der Waals surface area contributed by atoms with Crippen LogP contribution in [0.1, 0.15) is 18.9 Å². The topological polar surface area (TPSA) is 135 Å². The standard InChI is InChI=1S/C18H26N4O6/c1-14(28-21(25)26)10-18(24)20-8-9-22(2,3)12-16(23)13-27-17-7-5-4-6-15(17)11-19/h4-7,14,16,23H,8-10,12-13H2,1-3H3/p+1. The van der Waals surface area contributed by atoms with Crippen molar-refractivity contribution in [2.75, 3.05) is 40.3 Å². The van der Waals surface area contributed by atoms with Crippen molar-refractivity contribution in [1.82, 2.24) is 5.32 Å². The van der Waals surface area contributed by atoms with Crippen LogP contribution in [-0.4, -0.2) is 73.1 Å². The molecule has 0 aliphatic carbocycles. The number of para-hydroxylation sites is 1. The van der Waals surface area contributed by atoms with E-state index in [9.17, 15) is 20.0 Å². The minimum absolute atomic E-state index is 0.0441. The van der Waals surface area contributed by atoms with Gasteiger partial charge in [-0.15, -0.1) is 10.1 Å². The van der Waals surface area contributed by atoms with E-state index in [4.69, 9.17) is 10.00 Å². The monoisotopic (exact) mass is 395 g/mol. The molecule has 0 aliphatic rings. The van der Waals surface area contributed by atoms with Crippen LogP contribution in [0.5, 0.6) is 5.75 Å². The number of aliphatic hydroxyl groups excluding tert-OH is 1. The number of hydrogen-bond acceptors (Lipinski definition) is 7. The first-order valence-electron chi connectivity index (χ1n) is 8.83. The summed E-state index contributed by atoms with van der Waals surface area (Å²) in [5, 5.41) is 31.2. The van der Waals surface area contributed by atoms with Crippen LogP contribution < -0.4 is 10.1 Å². The first-order valence-corrected chi connectivity index (χ1v) is 8.83.